The fourth-order valence-corrected chi connectivity index (χ4v) is 4.45. The van der Waals surface area contributed by atoms with Gasteiger partial charge < -0.3 is 15.0 Å². The second-order valence-electron chi connectivity index (χ2n) is 7.47. The molecule has 0 saturated heterocycles. The number of carbonyl (C=O) groups is 2. The Balaban J connectivity index is 1.74. The molecule has 0 bridgehead atoms. The molecule has 2 amide bonds. The van der Waals surface area contributed by atoms with Crippen LogP contribution in [0.1, 0.15) is 21.5 Å². The molecular weight excluding hydrogens is 378 g/mol. The SMILES string of the molecule is COc1ccccc1CN1C(=O)c2ccccc2N[C@]12C(=O)N(C)c1ccccc12. The van der Waals surface area contributed by atoms with Gasteiger partial charge in [-0.25, -0.2) is 0 Å². The van der Waals surface area contributed by atoms with E-state index >= 15 is 0 Å². The number of hydrogen-bond donors (Lipinski definition) is 1. The number of likely N-dealkylation sites (N-methyl/N-ethyl adjacent to an activating group) is 1. The molecule has 6 nitrogen and oxygen atoms in total. The van der Waals surface area contributed by atoms with Crippen LogP contribution in [0.2, 0.25) is 0 Å². The Kier molecular flexibility index (Phi) is 4.03. The Labute approximate surface area is 174 Å². The largest absolute Gasteiger partial charge is 0.496 e. The van der Waals surface area contributed by atoms with Crippen LogP contribution in [0.3, 0.4) is 0 Å². The summed E-state index contributed by atoms with van der Waals surface area (Å²) in [7, 11) is 3.34. The van der Waals surface area contributed by atoms with Crippen LogP contribution in [0.15, 0.2) is 72.8 Å². The first-order valence-electron chi connectivity index (χ1n) is 9.76. The average molecular weight is 399 g/mol. The molecule has 0 saturated carbocycles. The molecule has 2 aliphatic rings. The van der Waals surface area contributed by atoms with Crippen LogP contribution in [-0.4, -0.2) is 30.9 Å². The van der Waals surface area contributed by atoms with Gasteiger partial charge in [-0.05, 0) is 24.3 Å². The smallest absolute Gasteiger partial charge is 0.278 e. The summed E-state index contributed by atoms with van der Waals surface area (Å²) >= 11 is 0. The number of nitrogens with one attached hydrogen (secondary N) is 1. The van der Waals surface area contributed by atoms with Gasteiger partial charge in [-0.15, -0.1) is 0 Å². The van der Waals surface area contributed by atoms with Gasteiger partial charge in [0.25, 0.3) is 11.8 Å². The molecule has 3 aromatic carbocycles. The first kappa shape index (κ1) is 18.2. The van der Waals surface area contributed by atoms with Crippen LogP contribution in [0, 0.1) is 0 Å². The molecule has 0 aromatic heterocycles. The predicted octanol–water partition coefficient (Wildman–Crippen LogP) is 3.59. The maximum atomic E-state index is 13.7. The van der Waals surface area contributed by atoms with E-state index in [1.807, 2.05) is 66.7 Å². The zero-order valence-corrected chi connectivity index (χ0v) is 16.8. The number of rotatable bonds is 3. The fourth-order valence-electron chi connectivity index (χ4n) is 4.45. The molecule has 0 aliphatic carbocycles. The topological polar surface area (TPSA) is 61.9 Å². The van der Waals surface area contributed by atoms with Gasteiger partial charge in [-0.3, -0.25) is 14.5 Å². The maximum absolute atomic E-state index is 13.7. The van der Waals surface area contributed by atoms with E-state index in [2.05, 4.69) is 5.32 Å². The molecule has 6 heteroatoms. The minimum Gasteiger partial charge on any atom is -0.496 e. The Morgan fingerprint density at radius 3 is 2.47 bits per heavy atom. The summed E-state index contributed by atoms with van der Waals surface area (Å²) < 4.78 is 5.51. The van der Waals surface area contributed by atoms with Gasteiger partial charge >= 0.3 is 0 Å². The summed E-state index contributed by atoms with van der Waals surface area (Å²) in [6.45, 7) is 0.220. The third-order valence-corrected chi connectivity index (χ3v) is 5.91. The van der Waals surface area contributed by atoms with E-state index in [0.717, 1.165) is 16.8 Å². The van der Waals surface area contributed by atoms with Gasteiger partial charge in [0.2, 0.25) is 5.66 Å². The first-order valence-corrected chi connectivity index (χ1v) is 9.76. The van der Waals surface area contributed by atoms with Gasteiger partial charge in [0.1, 0.15) is 5.75 Å². The van der Waals surface area contributed by atoms with Crippen molar-refractivity contribution in [3.8, 4) is 5.75 Å². The first-order chi connectivity index (χ1) is 14.6. The third kappa shape index (κ3) is 2.37. The molecule has 0 fully saturated rings. The highest BCUT2D eigenvalue weighted by molar-refractivity contribution is 6.15. The zero-order valence-electron chi connectivity index (χ0n) is 16.8. The Morgan fingerprint density at radius 1 is 0.933 bits per heavy atom. The Hall–Kier alpha value is -3.80. The summed E-state index contributed by atoms with van der Waals surface area (Å²) in [5.74, 6) is 0.279. The normalized spacial score (nSPS) is 19.5. The molecule has 150 valence electrons. The van der Waals surface area contributed by atoms with E-state index < -0.39 is 5.66 Å². The van der Waals surface area contributed by atoms with Crippen molar-refractivity contribution in [1.82, 2.24) is 4.90 Å². The highest BCUT2D eigenvalue weighted by atomic mass is 16.5. The number of ether oxygens (including phenoxy) is 1. The van der Waals surface area contributed by atoms with Crippen molar-refractivity contribution in [2.75, 3.05) is 24.4 Å². The van der Waals surface area contributed by atoms with Crippen LogP contribution in [0.5, 0.6) is 5.75 Å². The summed E-state index contributed by atoms with van der Waals surface area (Å²) in [6.07, 6.45) is 0. The fraction of sp³-hybridized carbons (Fsp3) is 0.167. The number of methoxy groups -OCH3 is 1. The number of nitrogens with zero attached hydrogens (tertiary/aromatic N) is 2. The van der Waals surface area contributed by atoms with Gasteiger partial charge in [0.15, 0.2) is 0 Å². The quantitative estimate of drug-likeness (QED) is 0.731. The molecule has 3 aromatic rings. The average Bonchev–Trinajstić information content (AvgIpc) is 2.99. The van der Waals surface area contributed by atoms with Gasteiger partial charge in [-0.1, -0.05) is 48.5 Å². The van der Waals surface area contributed by atoms with Crippen LogP contribution in [0.4, 0.5) is 11.4 Å². The summed E-state index contributed by atoms with van der Waals surface area (Å²) in [6, 6.07) is 22.4. The Bertz CT molecular complexity index is 1180. The van der Waals surface area contributed by atoms with Crippen molar-refractivity contribution in [2.45, 2.75) is 12.2 Å². The molecule has 1 spiro atoms. The summed E-state index contributed by atoms with van der Waals surface area (Å²) in [5.41, 5.74) is 2.24. The van der Waals surface area contributed by atoms with Crippen molar-refractivity contribution in [1.29, 1.82) is 0 Å². The van der Waals surface area contributed by atoms with E-state index in [9.17, 15) is 9.59 Å². The standard InChI is InChI=1S/C24H21N3O3/c1-26-20-13-7-5-11-18(20)24(23(26)29)25-19-12-6-4-10-17(19)22(28)27(24)15-16-9-3-8-14-21(16)30-2/h3-14,25H,15H2,1-2H3/t24-/m0/s1. The van der Waals surface area contributed by atoms with E-state index in [1.165, 1.54) is 0 Å². The number of hydrogen-bond acceptors (Lipinski definition) is 4. The number of carbonyl (C=O) groups excluding carboxylic acids is 2. The molecule has 30 heavy (non-hydrogen) atoms. The molecule has 5 rings (SSSR count). The minimum absolute atomic E-state index is 0.193. The van der Waals surface area contributed by atoms with E-state index in [4.69, 9.17) is 4.74 Å². The predicted molar refractivity (Wildman–Crippen MR) is 114 cm³/mol. The lowest BCUT2D eigenvalue weighted by molar-refractivity contribution is -0.127. The van der Waals surface area contributed by atoms with Crippen LogP contribution >= 0.6 is 0 Å². The van der Waals surface area contributed by atoms with E-state index in [1.54, 1.807) is 30.0 Å². The molecular formula is C24H21N3O3. The summed E-state index contributed by atoms with van der Waals surface area (Å²) in [5, 5.41) is 3.42. The molecule has 2 heterocycles. The van der Waals surface area contributed by atoms with E-state index in [0.29, 0.717) is 17.0 Å². The van der Waals surface area contributed by atoms with Crippen LogP contribution in [0.25, 0.3) is 0 Å². The molecule has 0 unspecified atom stereocenters. The molecule has 1 N–H and O–H groups in total. The van der Waals surface area contributed by atoms with Crippen LogP contribution < -0.4 is 15.0 Å². The highest BCUT2D eigenvalue weighted by Crippen LogP contribution is 2.48. The molecule has 1 atom stereocenters. The van der Waals surface area contributed by atoms with Crippen molar-refractivity contribution >= 4 is 23.2 Å². The highest BCUT2D eigenvalue weighted by Gasteiger charge is 2.58. The number of amides is 2. The number of benzene rings is 3. The zero-order chi connectivity index (χ0) is 20.9. The number of anilines is 2. The van der Waals surface area contributed by atoms with Crippen molar-refractivity contribution < 1.29 is 14.3 Å². The van der Waals surface area contributed by atoms with Gasteiger partial charge in [0, 0.05) is 23.9 Å². The minimum atomic E-state index is -1.32. The Morgan fingerprint density at radius 2 is 1.63 bits per heavy atom. The number of para-hydroxylation sites is 3. The lowest BCUT2D eigenvalue weighted by Gasteiger charge is -2.45. The van der Waals surface area contributed by atoms with Gasteiger partial charge in [-0.2, -0.15) is 0 Å². The van der Waals surface area contributed by atoms with Crippen LogP contribution in [-0.2, 0) is 17.0 Å². The summed E-state index contributed by atoms with van der Waals surface area (Å²) in [4.78, 5) is 30.6. The molecule has 2 aliphatic heterocycles. The number of fused-ring (bicyclic) bond motifs is 3. The molecule has 0 radical (unpaired) electrons. The van der Waals surface area contributed by atoms with E-state index in [-0.39, 0.29) is 18.4 Å². The van der Waals surface area contributed by atoms with Crippen molar-refractivity contribution in [3.63, 3.8) is 0 Å². The van der Waals surface area contributed by atoms with Crippen molar-refractivity contribution in [3.05, 3.63) is 89.5 Å². The lowest BCUT2D eigenvalue weighted by Crippen LogP contribution is -2.61. The third-order valence-electron chi connectivity index (χ3n) is 5.91. The lowest BCUT2D eigenvalue weighted by atomic mass is 9.92. The second kappa shape index (κ2) is 6.62. The monoisotopic (exact) mass is 399 g/mol. The maximum Gasteiger partial charge on any atom is 0.278 e. The van der Waals surface area contributed by atoms with Gasteiger partial charge in [0.05, 0.1) is 24.9 Å². The van der Waals surface area contributed by atoms with Crippen molar-refractivity contribution in [2.24, 2.45) is 0 Å². The second-order valence-corrected chi connectivity index (χ2v) is 7.47.